The van der Waals surface area contributed by atoms with Crippen molar-refractivity contribution in [2.45, 2.75) is 6.54 Å². The molecule has 0 bridgehead atoms. The lowest BCUT2D eigenvalue weighted by molar-refractivity contribution is 0.643. The largest absolute Gasteiger partial charge is 0.268 e. The van der Waals surface area contributed by atoms with Crippen LogP contribution in [-0.2, 0) is 6.54 Å². The van der Waals surface area contributed by atoms with E-state index in [2.05, 4.69) is 5.10 Å². The molecule has 2 aromatic carbocycles. The van der Waals surface area contributed by atoms with Gasteiger partial charge >= 0.3 is 0 Å². The van der Waals surface area contributed by atoms with Crippen LogP contribution in [0.5, 0.6) is 0 Å². The fourth-order valence-electron chi connectivity index (χ4n) is 2.16. The van der Waals surface area contributed by atoms with E-state index in [1.54, 1.807) is 24.3 Å². The monoisotopic (exact) mass is 330 g/mol. The van der Waals surface area contributed by atoms with Crippen LogP contribution in [0.15, 0.2) is 65.5 Å². The summed E-state index contributed by atoms with van der Waals surface area (Å²) in [6.07, 6.45) is 0. The highest BCUT2D eigenvalue weighted by molar-refractivity contribution is 6.35. The molecule has 22 heavy (non-hydrogen) atoms. The van der Waals surface area contributed by atoms with Crippen molar-refractivity contribution < 1.29 is 0 Å². The molecule has 0 amide bonds. The van der Waals surface area contributed by atoms with Crippen LogP contribution in [0.2, 0.25) is 10.0 Å². The molecule has 3 rings (SSSR count). The summed E-state index contributed by atoms with van der Waals surface area (Å²) >= 11 is 12.3. The predicted molar refractivity (Wildman–Crippen MR) is 89.5 cm³/mol. The third-order valence-corrected chi connectivity index (χ3v) is 4.01. The molecular formula is C17H12Cl2N2O. The molecule has 0 atom stereocenters. The summed E-state index contributed by atoms with van der Waals surface area (Å²) in [5.41, 5.74) is 2.16. The normalized spacial score (nSPS) is 10.6. The molecule has 0 unspecified atom stereocenters. The van der Waals surface area contributed by atoms with Gasteiger partial charge in [-0.05, 0) is 18.2 Å². The van der Waals surface area contributed by atoms with Crippen LogP contribution in [0.25, 0.3) is 11.3 Å². The fraction of sp³-hybridized carbons (Fsp3) is 0.0588. The highest BCUT2D eigenvalue weighted by Gasteiger charge is 2.09. The average Bonchev–Trinajstić information content (AvgIpc) is 2.53. The number of nitrogens with zero attached hydrogens (tertiary/aromatic N) is 2. The summed E-state index contributed by atoms with van der Waals surface area (Å²) in [5.74, 6) is 0. The summed E-state index contributed by atoms with van der Waals surface area (Å²) in [6, 6.07) is 18.1. The summed E-state index contributed by atoms with van der Waals surface area (Å²) in [6.45, 7) is 0.234. The maximum absolute atomic E-state index is 12.0. The van der Waals surface area contributed by atoms with Gasteiger partial charge in [-0.15, -0.1) is 0 Å². The number of benzene rings is 2. The topological polar surface area (TPSA) is 34.9 Å². The zero-order valence-electron chi connectivity index (χ0n) is 11.5. The van der Waals surface area contributed by atoms with Gasteiger partial charge in [-0.3, -0.25) is 4.79 Å². The number of hydrogen-bond acceptors (Lipinski definition) is 2. The van der Waals surface area contributed by atoms with Gasteiger partial charge < -0.3 is 0 Å². The molecule has 0 aliphatic rings. The van der Waals surface area contributed by atoms with E-state index in [4.69, 9.17) is 23.2 Å². The Balaban J connectivity index is 2.03. The first-order valence-electron chi connectivity index (χ1n) is 6.71. The van der Waals surface area contributed by atoms with Crippen LogP contribution in [0, 0.1) is 0 Å². The van der Waals surface area contributed by atoms with E-state index in [1.165, 1.54) is 10.7 Å². The van der Waals surface area contributed by atoms with E-state index in [0.717, 1.165) is 11.3 Å². The SMILES string of the molecule is O=c1ccc(-c2ccccc2)nn1Cc1c(Cl)cccc1Cl. The lowest BCUT2D eigenvalue weighted by atomic mass is 10.1. The second-order valence-electron chi connectivity index (χ2n) is 4.78. The number of aromatic nitrogens is 2. The van der Waals surface area contributed by atoms with E-state index in [9.17, 15) is 4.79 Å². The van der Waals surface area contributed by atoms with E-state index >= 15 is 0 Å². The minimum absolute atomic E-state index is 0.198. The van der Waals surface area contributed by atoms with Gasteiger partial charge in [0.05, 0.1) is 12.2 Å². The molecule has 3 nitrogen and oxygen atoms in total. The molecule has 0 saturated heterocycles. The van der Waals surface area contributed by atoms with Gasteiger partial charge in [0, 0.05) is 27.2 Å². The van der Waals surface area contributed by atoms with Gasteiger partial charge in [-0.1, -0.05) is 59.6 Å². The van der Waals surface area contributed by atoms with Crippen LogP contribution < -0.4 is 5.56 Å². The molecule has 110 valence electrons. The molecule has 1 aromatic heterocycles. The molecule has 3 aromatic rings. The number of hydrogen-bond donors (Lipinski definition) is 0. The van der Waals surface area contributed by atoms with Crippen molar-refractivity contribution in [3.63, 3.8) is 0 Å². The Morgan fingerprint density at radius 1 is 0.864 bits per heavy atom. The second-order valence-corrected chi connectivity index (χ2v) is 5.60. The smallest absolute Gasteiger partial charge is 0.267 e. The van der Waals surface area contributed by atoms with Crippen LogP contribution in [0.4, 0.5) is 0 Å². The van der Waals surface area contributed by atoms with Crippen molar-refractivity contribution in [3.8, 4) is 11.3 Å². The highest BCUT2D eigenvalue weighted by atomic mass is 35.5. The first-order chi connectivity index (χ1) is 10.6. The van der Waals surface area contributed by atoms with E-state index in [0.29, 0.717) is 15.6 Å². The fourth-order valence-corrected chi connectivity index (χ4v) is 2.68. The molecule has 0 aliphatic heterocycles. The number of rotatable bonds is 3. The molecule has 0 spiro atoms. The summed E-state index contributed by atoms with van der Waals surface area (Å²) in [4.78, 5) is 12.0. The molecular weight excluding hydrogens is 319 g/mol. The first-order valence-corrected chi connectivity index (χ1v) is 7.47. The predicted octanol–water partition coefficient (Wildman–Crippen LogP) is 4.27. The summed E-state index contributed by atoms with van der Waals surface area (Å²) < 4.78 is 1.37. The first kappa shape index (κ1) is 14.8. The Hall–Kier alpha value is -2.10. The Kier molecular flexibility index (Phi) is 4.27. The van der Waals surface area contributed by atoms with Gasteiger partial charge in [0.25, 0.3) is 5.56 Å². The lowest BCUT2D eigenvalue weighted by Crippen LogP contribution is -2.23. The Morgan fingerprint density at radius 2 is 1.55 bits per heavy atom. The van der Waals surface area contributed by atoms with Crippen molar-refractivity contribution in [3.05, 3.63) is 86.6 Å². The molecule has 0 fully saturated rings. The van der Waals surface area contributed by atoms with Crippen molar-refractivity contribution in [1.29, 1.82) is 0 Å². The van der Waals surface area contributed by atoms with E-state index in [1.807, 2.05) is 30.3 Å². The van der Waals surface area contributed by atoms with Crippen molar-refractivity contribution in [2.24, 2.45) is 0 Å². The maximum atomic E-state index is 12.0. The van der Waals surface area contributed by atoms with Gasteiger partial charge in [0.15, 0.2) is 0 Å². The molecule has 0 N–H and O–H groups in total. The molecule has 1 heterocycles. The number of halogens is 2. The zero-order chi connectivity index (χ0) is 15.5. The minimum atomic E-state index is -0.198. The van der Waals surface area contributed by atoms with Crippen molar-refractivity contribution >= 4 is 23.2 Å². The molecule has 0 aliphatic carbocycles. The second kappa shape index (κ2) is 6.34. The zero-order valence-corrected chi connectivity index (χ0v) is 13.1. The third-order valence-electron chi connectivity index (χ3n) is 3.31. The lowest BCUT2D eigenvalue weighted by Gasteiger charge is -2.10. The third kappa shape index (κ3) is 3.06. The minimum Gasteiger partial charge on any atom is -0.268 e. The summed E-state index contributed by atoms with van der Waals surface area (Å²) in [7, 11) is 0. The van der Waals surface area contributed by atoms with E-state index in [-0.39, 0.29) is 12.1 Å². The van der Waals surface area contributed by atoms with Crippen LogP contribution in [0.1, 0.15) is 5.56 Å². The Labute approximate surface area is 137 Å². The molecule has 0 saturated carbocycles. The maximum Gasteiger partial charge on any atom is 0.267 e. The summed E-state index contributed by atoms with van der Waals surface area (Å²) in [5, 5.41) is 5.45. The van der Waals surface area contributed by atoms with Gasteiger partial charge in [-0.25, -0.2) is 4.68 Å². The molecule has 5 heteroatoms. The molecule has 0 radical (unpaired) electrons. The van der Waals surface area contributed by atoms with Gasteiger partial charge in [0.2, 0.25) is 0 Å². The van der Waals surface area contributed by atoms with Crippen LogP contribution in [-0.4, -0.2) is 9.78 Å². The van der Waals surface area contributed by atoms with E-state index < -0.39 is 0 Å². The van der Waals surface area contributed by atoms with Crippen molar-refractivity contribution in [1.82, 2.24) is 9.78 Å². The van der Waals surface area contributed by atoms with Crippen LogP contribution in [0.3, 0.4) is 0 Å². The van der Waals surface area contributed by atoms with Crippen molar-refractivity contribution in [2.75, 3.05) is 0 Å². The average molecular weight is 331 g/mol. The van der Waals surface area contributed by atoms with Gasteiger partial charge in [-0.2, -0.15) is 5.10 Å². The van der Waals surface area contributed by atoms with Gasteiger partial charge in [0.1, 0.15) is 0 Å². The standard InChI is InChI=1S/C17H12Cl2N2O/c18-14-7-4-8-15(19)13(14)11-21-17(22)10-9-16(20-21)12-5-2-1-3-6-12/h1-10H,11H2. The Bertz CT molecular complexity index is 840. The Morgan fingerprint density at radius 3 is 2.23 bits per heavy atom. The highest BCUT2D eigenvalue weighted by Crippen LogP contribution is 2.24. The quantitative estimate of drug-likeness (QED) is 0.718. The van der Waals surface area contributed by atoms with Crippen LogP contribution >= 0.6 is 23.2 Å².